The van der Waals surface area contributed by atoms with Crippen LogP contribution in [0.15, 0.2) is 0 Å². The largest absolute Gasteiger partial charge is 0.678 e. The average molecular weight is 266 g/mol. The van der Waals surface area contributed by atoms with Gasteiger partial charge in [-0.05, 0) is 13.3 Å². The molecule has 0 radical (unpaired) electrons. The van der Waals surface area contributed by atoms with Gasteiger partial charge in [0.1, 0.15) is 6.10 Å². The van der Waals surface area contributed by atoms with Crippen molar-refractivity contribution < 1.29 is 27.2 Å². The smallest absolute Gasteiger partial charge is 0.376 e. The number of hydrogen-bond acceptors (Lipinski definition) is 6. The molecule has 0 saturated carbocycles. The van der Waals surface area contributed by atoms with E-state index in [2.05, 4.69) is 0 Å². The fraction of sp³-hybridized carbons (Fsp3) is 1.00. The summed E-state index contributed by atoms with van der Waals surface area (Å²) in [5.74, 6) is 0. The molecule has 1 saturated heterocycles. The van der Waals surface area contributed by atoms with Crippen LogP contribution < -0.4 is 0 Å². The lowest BCUT2D eigenvalue weighted by molar-refractivity contribution is -0.0111. The summed E-state index contributed by atoms with van der Waals surface area (Å²) in [5.41, 5.74) is 0. The fourth-order valence-electron chi connectivity index (χ4n) is 1.30. The Morgan fingerprint density at radius 2 is 1.82 bits per heavy atom. The summed E-state index contributed by atoms with van der Waals surface area (Å²) in [4.78, 5) is 0. The Morgan fingerprint density at radius 3 is 2.29 bits per heavy atom. The first-order valence-corrected chi connectivity index (χ1v) is 7.31. The normalized spacial score (nSPS) is 21.5. The van der Waals surface area contributed by atoms with Gasteiger partial charge in [-0.25, -0.2) is 0 Å². The van der Waals surface area contributed by atoms with E-state index >= 15 is 0 Å². The van der Waals surface area contributed by atoms with Crippen LogP contribution in [0.1, 0.15) is 13.3 Å². The van der Waals surface area contributed by atoms with Crippen molar-refractivity contribution in [2.24, 2.45) is 0 Å². The van der Waals surface area contributed by atoms with Crippen molar-refractivity contribution in [1.82, 2.24) is 0 Å². The highest BCUT2D eigenvalue weighted by Crippen LogP contribution is 2.12. The number of rotatable bonds is 10. The minimum absolute atomic E-state index is 0.122. The molecule has 0 aliphatic carbocycles. The predicted octanol–water partition coefficient (Wildman–Crippen LogP) is 0.572. The third-order valence-corrected chi connectivity index (χ3v) is 4.58. The van der Waals surface area contributed by atoms with Crippen molar-refractivity contribution in [3.05, 3.63) is 0 Å². The Bertz CT molecular complexity index is 199. The van der Waals surface area contributed by atoms with Crippen LogP contribution in [-0.4, -0.2) is 62.4 Å². The molecule has 0 amide bonds. The van der Waals surface area contributed by atoms with Crippen molar-refractivity contribution in [3.8, 4) is 0 Å². The zero-order chi connectivity index (χ0) is 12.7. The second-order valence-corrected chi connectivity index (χ2v) is 6.36. The van der Waals surface area contributed by atoms with Crippen molar-refractivity contribution in [3.63, 3.8) is 0 Å². The SMILES string of the molecule is CO[Si](OC)(OC)OCCC(C)OCC1CO1. The lowest BCUT2D eigenvalue weighted by atomic mass is 10.3. The molecular formula is C10H22O6Si. The summed E-state index contributed by atoms with van der Waals surface area (Å²) in [6, 6.07) is 0. The minimum atomic E-state index is -2.90. The molecule has 2 atom stereocenters. The maximum Gasteiger partial charge on any atom is 0.678 e. The topological polar surface area (TPSA) is 58.7 Å². The van der Waals surface area contributed by atoms with Crippen molar-refractivity contribution in [2.75, 3.05) is 41.2 Å². The molecule has 0 aromatic heterocycles. The van der Waals surface area contributed by atoms with Gasteiger partial charge in [0.15, 0.2) is 0 Å². The molecule has 0 bridgehead atoms. The van der Waals surface area contributed by atoms with E-state index in [0.29, 0.717) is 19.3 Å². The van der Waals surface area contributed by atoms with E-state index in [9.17, 15) is 0 Å². The van der Waals surface area contributed by atoms with Gasteiger partial charge in [0.2, 0.25) is 0 Å². The summed E-state index contributed by atoms with van der Waals surface area (Å²) in [6.45, 7) is 3.95. The van der Waals surface area contributed by atoms with E-state index in [4.69, 9.17) is 27.2 Å². The average Bonchev–Trinajstić information content (AvgIpc) is 3.17. The molecular weight excluding hydrogens is 244 g/mol. The maximum absolute atomic E-state index is 5.57. The molecule has 1 heterocycles. The van der Waals surface area contributed by atoms with E-state index in [1.54, 1.807) is 0 Å². The summed E-state index contributed by atoms with van der Waals surface area (Å²) in [5, 5.41) is 0. The molecule has 2 unspecified atom stereocenters. The highest BCUT2D eigenvalue weighted by molar-refractivity contribution is 6.53. The van der Waals surface area contributed by atoms with E-state index in [1.807, 2.05) is 6.92 Å². The third-order valence-electron chi connectivity index (χ3n) is 2.52. The first-order chi connectivity index (χ1) is 8.15. The Balaban J connectivity index is 2.11. The summed E-state index contributed by atoms with van der Waals surface area (Å²) in [7, 11) is 1.66. The number of epoxide rings is 1. The van der Waals surface area contributed by atoms with Crippen LogP contribution in [0.4, 0.5) is 0 Å². The molecule has 7 heteroatoms. The van der Waals surface area contributed by atoms with Crippen molar-refractivity contribution in [2.45, 2.75) is 25.6 Å². The second-order valence-electron chi connectivity index (χ2n) is 3.85. The van der Waals surface area contributed by atoms with Gasteiger partial charge in [0.25, 0.3) is 0 Å². The molecule has 17 heavy (non-hydrogen) atoms. The van der Waals surface area contributed by atoms with Crippen LogP contribution in [0.2, 0.25) is 0 Å². The Hall–Kier alpha value is -0.0231. The van der Waals surface area contributed by atoms with Crippen molar-refractivity contribution >= 4 is 9.05 Å². The van der Waals surface area contributed by atoms with Crippen LogP contribution in [0.3, 0.4) is 0 Å². The van der Waals surface area contributed by atoms with Crippen molar-refractivity contribution in [1.29, 1.82) is 0 Å². The highest BCUT2D eigenvalue weighted by Gasteiger charge is 2.42. The van der Waals surface area contributed by atoms with Gasteiger partial charge in [-0.3, -0.25) is 0 Å². The van der Waals surface area contributed by atoms with E-state index in [1.165, 1.54) is 21.3 Å². The predicted molar refractivity (Wildman–Crippen MR) is 62.5 cm³/mol. The van der Waals surface area contributed by atoms with Gasteiger partial charge >= 0.3 is 9.05 Å². The lowest BCUT2D eigenvalue weighted by Crippen LogP contribution is -2.46. The van der Waals surface area contributed by atoms with Crippen LogP contribution in [0, 0.1) is 0 Å². The van der Waals surface area contributed by atoms with E-state index in [0.717, 1.165) is 13.0 Å². The first-order valence-electron chi connectivity index (χ1n) is 5.68. The standard InChI is InChI=1S/C10H22O6Si/c1-9(14-7-10-8-15-10)5-6-16-17(11-2,12-3)13-4/h9-10H,5-8H2,1-4H3. The summed E-state index contributed by atoms with van der Waals surface area (Å²) in [6.07, 6.45) is 1.18. The van der Waals surface area contributed by atoms with Gasteiger partial charge in [-0.15, -0.1) is 0 Å². The van der Waals surface area contributed by atoms with E-state index < -0.39 is 9.05 Å². The molecule has 102 valence electrons. The summed E-state index contributed by atoms with van der Waals surface area (Å²) < 4.78 is 31.6. The lowest BCUT2D eigenvalue weighted by Gasteiger charge is -2.23. The quantitative estimate of drug-likeness (QED) is 0.426. The number of hydrogen-bond donors (Lipinski definition) is 0. The molecule has 1 fully saturated rings. The monoisotopic (exact) mass is 266 g/mol. The van der Waals surface area contributed by atoms with Gasteiger partial charge in [-0.1, -0.05) is 0 Å². The number of ether oxygens (including phenoxy) is 2. The molecule has 1 rings (SSSR count). The third kappa shape index (κ3) is 5.43. The summed E-state index contributed by atoms with van der Waals surface area (Å²) >= 11 is 0. The Labute approximate surface area is 104 Å². The van der Waals surface area contributed by atoms with Gasteiger partial charge in [-0.2, -0.15) is 0 Å². The molecule has 1 aliphatic heterocycles. The molecule has 0 spiro atoms. The van der Waals surface area contributed by atoms with Gasteiger partial charge in [0.05, 0.1) is 19.3 Å². The van der Waals surface area contributed by atoms with E-state index in [-0.39, 0.29) is 6.10 Å². The van der Waals surface area contributed by atoms with Crippen LogP contribution >= 0.6 is 0 Å². The van der Waals surface area contributed by atoms with Crippen LogP contribution in [0.25, 0.3) is 0 Å². The zero-order valence-corrected chi connectivity index (χ0v) is 11.9. The van der Waals surface area contributed by atoms with Crippen LogP contribution in [-0.2, 0) is 27.2 Å². The Kier molecular flexibility index (Phi) is 6.56. The highest BCUT2D eigenvalue weighted by atomic mass is 28.4. The molecule has 1 aliphatic rings. The van der Waals surface area contributed by atoms with Crippen LogP contribution in [0.5, 0.6) is 0 Å². The second kappa shape index (κ2) is 7.42. The minimum Gasteiger partial charge on any atom is -0.376 e. The molecule has 0 N–H and O–H groups in total. The Morgan fingerprint density at radius 1 is 1.24 bits per heavy atom. The molecule has 0 aromatic rings. The van der Waals surface area contributed by atoms with Gasteiger partial charge in [0, 0.05) is 27.9 Å². The zero-order valence-electron chi connectivity index (χ0n) is 10.9. The fourth-order valence-corrected chi connectivity index (χ4v) is 2.52. The first kappa shape index (κ1) is 15.0. The van der Waals surface area contributed by atoms with Gasteiger partial charge < -0.3 is 27.2 Å². The maximum atomic E-state index is 5.57. The molecule has 0 aromatic carbocycles. The molecule has 6 nitrogen and oxygen atoms in total.